The molecular formula is C10H11N5O2S. The van der Waals surface area contributed by atoms with Crippen LogP contribution in [0.4, 0.5) is 0 Å². The Kier molecular flexibility index (Phi) is 3.00. The quantitative estimate of drug-likeness (QED) is 0.689. The van der Waals surface area contributed by atoms with Gasteiger partial charge in [-0.15, -0.1) is 0 Å². The Labute approximate surface area is 106 Å². The first-order valence-electron chi connectivity index (χ1n) is 5.11. The Morgan fingerprint density at radius 2 is 1.89 bits per heavy atom. The van der Waals surface area contributed by atoms with Crippen LogP contribution < -0.4 is 11.2 Å². The predicted molar refractivity (Wildman–Crippen MR) is 67.5 cm³/mol. The molecule has 0 atom stereocenters. The Morgan fingerprint density at radius 3 is 2.50 bits per heavy atom. The summed E-state index contributed by atoms with van der Waals surface area (Å²) < 4.78 is 4.05. The highest BCUT2D eigenvalue weighted by Crippen LogP contribution is 2.19. The van der Waals surface area contributed by atoms with Crippen LogP contribution in [-0.4, -0.2) is 24.4 Å². The number of thioether (sulfide) groups is 1. The van der Waals surface area contributed by atoms with E-state index in [1.807, 2.05) is 6.07 Å². The van der Waals surface area contributed by atoms with Crippen molar-refractivity contribution in [3.63, 3.8) is 0 Å². The summed E-state index contributed by atoms with van der Waals surface area (Å²) in [5.41, 5.74) is -0.120. The number of imidazole rings is 1. The molecule has 0 aliphatic heterocycles. The van der Waals surface area contributed by atoms with Crippen LogP contribution in [0.3, 0.4) is 0 Å². The summed E-state index contributed by atoms with van der Waals surface area (Å²) in [6, 6.07) is 2.00. The molecule has 94 valence electrons. The van der Waals surface area contributed by atoms with Gasteiger partial charge in [-0.3, -0.25) is 13.9 Å². The molecule has 0 aromatic carbocycles. The molecule has 0 saturated carbocycles. The third-order valence-corrected chi connectivity index (χ3v) is 3.59. The largest absolute Gasteiger partial charge is 0.332 e. The fourth-order valence-corrected chi connectivity index (χ4v) is 2.41. The van der Waals surface area contributed by atoms with Crippen molar-refractivity contribution in [1.82, 2.24) is 18.7 Å². The second kappa shape index (κ2) is 4.34. The molecule has 0 aliphatic carbocycles. The molecule has 0 radical (unpaired) electrons. The van der Waals surface area contributed by atoms with Gasteiger partial charge in [0.1, 0.15) is 0 Å². The zero-order valence-corrected chi connectivity index (χ0v) is 11.0. The minimum absolute atomic E-state index is 0.238. The lowest BCUT2D eigenvalue weighted by atomic mass is 10.5. The third-order valence-electron chi connectivity index (χ3n) is 2.69. The van der Waals surface area contributed by atoms with Gasteiger partial charge < -0.3 is 4.57 Å². The van der Waals surface area contributed by atoms with Crippen LogP contribution in [0, 0.1) is 11.3 Å². The van der Waals surface area contributed by atoms with Crippen LogP contribution in [0.5, 0.6) is 0 Å². The highest BCUT2D eigenvalue weighted by molar-refractivity contribution is 7.99. The van der Waals surface area contributed by atoms with Crippen LogP contribution in [0.15, 0.2) is 14.7 Å². The molecule has 0 bridgehead atoms. The number of rotatable bonds is 2. The minimum Gasteiger partial charge on any atom is -0.308 e. The van der Waals surface area contributed by atoms with Crippen molar-refractivity contribution in [3.05, 3.63) is 20.8 Å². The molecule has 0 fully saturated rings. The van der Waals surface area contributed by atoms with Crippen molar-refractivity contribution in [2.24, 2.45) is 21.1 Å². The smallest absolute Gasteiger partial charge is 0.308 e. The zero-order chi connectivity index (χ0) is 13.4. The summed E-state index contributed by atoms with van der Waals surface area (Å²) in [4.78, 5) is 27.9. The van der Waals surface area contributed by atoms with Crippen molar-refractivity contribution < 1.29 is 0 Å². The maximum absolute atomic E-state index is 11.9. The molecule has 7 nitrogen and oxygen atoms in total. The van der Waals surface area contributed by atoms with Crippen molar-refractivity contribution in [1.29, 1.82) is 5.26 Å². The van der Waals surface area contributed by atoms with E-state index in [4.69, 9.17) is 5.26 Å². The van der Waals surface area contributed by atoms with Crippen LogP contribution in [-0.2, 0) is 21.1 Å². The Balaban J connectivity index is 2.86. The Hall–Kier alpha value is -2.01. The van der Waals surface area contributed by atoms with E-state index in [9.17, 15) is 9.59 Å². The number of aryl methyl sites for hydroxylation is 2. The molecule has 2 aromatic rings. The lowest BCUT2D eigenvalue weighted by Gasteiger charge is -2.05. The van der Waals surface area contributed by atoms with Gasteiger partial charge in [0.05, 0.1) is 11.8 Å². The van der Waals surface area contributed by atoms with Gasteiger partial charge in [-0.25, -0.2) is 9.78 Å². The van der Waals surface area contributed by atoms with Gasteiger partial charge in [0.2, 0.25) is 0 Å². The van der Waals surface area contributed by atoms with Gasteiger partial charge in [0.25, 0.3) is 5.56 Å². The highest BCUT2D eigenvalue weighted by Gasteiger charge is 2.16. The van der Waals surface area contributed by atoms with Gasteiger partial charge in [-0.05, 0) is 0 Å². The second-order valence-electron chi connectivity index (χ2n) is 3.78. The first kappa shape index (κ1) is 12.4. The normalized spacial score (nSPS) is 10.8. The average molecular weight is 265 g/mol. The van der Waals surface area contributed by atoms with Crippen LogP contribution >= 0.6 is 11.8 Å². The van der Waals surface area contributed by atoms with Crippen LogP contribution in [0.2, 0.25) is 0 Å². The molecule has 0 aliphatic rings. The first-order chi connectivity index (χ1) is 8.49. The van der Waals surface area contributed by atoms with Gasteiger partial charge in [0.15, 0.2) is 16.3 Å². The fraction of sp³-hybridized carbons (Fsp3) is 0.400. The number of aromatic nitrogens is 4. The molecule has 0 spiro atoms. The molecule has 0 unspecified atom stereocenters. The topological polar surface area (TPSA) is 85.6 Å². The fourth-order valence-electron chi connectivity index (χ4n) is 1.78. The lowest BCUT2D eigenvalue weighted by molar-refractivity contribution is 0.690. The van der Waals surface area contributed by atoms with E-state index in [0.29, 0.717) is 10.8 Å². The summed E-state index contributed by atoms with van der Waals surface area (Å²) in [7, 11) is 4.72. The number of hydrogen-bond donors (Lipinski definition) is 0. The van der Waals surface area contributed by atoms with E-state index in [-0.39, 0.29) is 11.3 Å². The van der Waals surface area contributed by atoms with E-state index < -0.39 is 11.2 Å². The number of nitriles is 1. The average Bonchev–Trinajstić information content (AvgIpc) is 2.69. The molecule has 2 aromatic heterocycles. The van der Waals surface area contributed by atoms with E-state index in [1.54, 1.807) is 18.7 Å². The monoisotopic (exact) mass is 265 g/mol. The Bertz CT molecular complexity index is 777. The van der Waals surface area contributed by atoms with Crippen molar-refractivity contribution >= 4 is 22.9 Å². The number of nitrogens with zero attached hydrogens (tertiary/aromatic N) is 5. The maximum Gasteiger partial charge on any atom is 0.332 e. The van der Waals surface area contributed by atoms with Gasteiger partial charge in [-0.1, -0.05) is 11.8 Å². The summed E-state index contributed by atoms with van der Waals surface area (Å²) in [6.07, 6.45) is 0. The SMILES string of the molecule is Cn1c(=O)c2nc(SCC#N)n(C)c2n(C)c1=O. The standard InChI is InChI=1S/C10H11N5O2S/c1-13-7-6(12-9(13)18-5-4-11)8(16)15(3)10(17)14(7)2/h5H2,1-3H3. The van der Waals surface area contributed by atoms with Crippen LogP contribution in [0.25, 0.3) is 11.2 Å². The van der Waals surface area contributed by atoms with Crippen molar-refractivity contribution in [2.45, 2.75) is 5.16 Å². The van der Waals surface area contributed by atoms with Crippen molar-refractivity contribution in [2.75, 3.05) is 5.75 Å². The second-order valence-corrected chi connectivity index (χ2v) is 4.72. The summed E-state index contributed by atoms with van der Waals surface area (Å²) in [6.45, 7) is 0. The number of fused-ring (bicyclic) bond motifs is 1. The van der Waals surface area contributed by atoms with E-state index in [1.165, 1.54) is 23.4 Å². The Morgan fingerprint density at radius 1 is 1.22 bits per heavy atom. The molecule has 18 heavy (non-hydrogen) atoms. The minimum atomic E-state index is -0.424. The molecule has 2 heterocycles. The summed E-state index contributed by atoms with van der Waals surface area (Å²) in [5, 5.41) is 9.11. The van der Waals surface area contributed by atoms with E-state index >= 15 is 0 Å². The maximum atomic E-state index is 11.9. The zero-order valence-electron chi connectivity index (χ0n) is 10.2. The molecule has 0 saturated heterocycles. The molecule has 8 heteroatoms. The van der Waals surface area contributed by atoms with Gasteiger partial charge in [-0.2, -0.15) is 5.26 Å². The van der Waals surface area contributed by atoms with Gasteiger partial charge in [0, 0.05) is 21.1 Å². The van der Waals surface area contributed by atoms with Crippen LogP contribution in [0.1, 0.15) is 0 Å². The van der Waals surface area contributed by atoms with E-state index in [0.717, 1.165) is 4.57 Å². The van der Waals surface area contributed by atoms with Gasteiger partial charge >= 0.3 is 5.69 Å². The third kappa shape index (κ3) is 1.64. The van der Waals surface area contributed by atoms with Crippen molar-refractivity contribution in [3.8, 4) is 6.07 Å². The molecule has 2 rings (SSSR count). The lowest BCUT2D eigenvalue weighted by Crippen LogP contribution is -2.37. The summed E-state index contributed by atoms with van der Waals surface area (Å²) >= 11 is 1.23. The number of hydrogen-bond acceptors (Lipinski definition) is 5. The molecule has 0 N–H and O–H groups in total. The van der Waals surface area contributed by atoms with E-state index in [2.05, 4.69) is 4.98 Å². The molecular weight excluding hydrogens is 254 g/mol. The predicted octanol–water partition coefficient (Wildman–Crippen LogP) is -0.414. The first-order valence-corrected chi connectivity index (χ1v) is 6.09. The highest BCUT2D eigenvalue weighted by atomic mass is 32.2. The summed E-state index contributed by atoms with van der Waals surface area (Å²) in [5.74, 6) is 0.241. The molecule has 0 amide bonds.